The number of sulfonamides is 1. The molecule has 3 aromatic carbocycles. The number of nitrogens with zero attached hydrogens (tertiary/aromatic N) is 2. The Kier molecular flexibility index (Phi) is 9.78. The molecule has 0 saturated carbocycles. The van der Waals surface area contributed by atoms with E-state index < -0.39 is 22.0 Å². The zero-order valence-electron chi connectivity index (χ0n) is 20.7. The summed E-state index contributed by atoms with van der Waals surface area (Å²) in [4.78, 5) is 27.9. The number of hydrogen-bond acceptors (Lipinski definition) is 4. The lowest BCUT2D eigenvalue weighted by atomic mass is 10.1. The number of benzene rings is 3. The molecule has 0 unspecified atom stereocenters. The molecule has 0 bridgehead atoms. The predicted molar refractivity (Wildman–Crippen MR) is 141 cm³/mol. The summed E-state index contributed by atoms with van der Waals surface area (Å²) < 4.78 is 26.2. The largest absolute Gasteiger partial charge is 0.354 e. The lowest BCUT2D eigenvalue weighted by molar-refractivity contribution is -0.140. The quantitative estimate of drug-likeness (QED) is 0.408. The van der Waals surface area contributed by atoms with Gasteiger partial charge in [-0.3, -0.25) is 9.59 Å². The first-order valence-corrected chi connectivity index (χ1v) is 13.7. The summed E-state index contributed by atoms with van der Waals surface area (Å²) in [6.45, 7) is 2.00. The minimum Gasteiger partial charge on any atom is -0.354 e. The van der Waals surface area contributed by atoms with Crippen molar-refractivity contribution in [1.29, 1.82) is 0 Å². The van der Waals surface area contributed by atoms with Crippen LogP contribution in [0.1, 0.15) is 23.6 Å². The second-order valence-corrected chi connectivity index (χ2v) is 10.7. The highest BCUT2D eigenvalue weighted by atomic mass is 32.2. The number of nitrogens with one attached hydrogen (secondary N) is 1. The van der Waals surface area contributed by atoms with Gasteiger partial charge in [0.05, 0.1) is 12.8 Å². The maximum Gasteiger partial charge on any atom is 0.242 e. The van der Waals surface area contributed by atoms with Crippen LogP contribution in [0.3, 0.4) is 0 Å². The Morgan fingerprint density at radius 1 is 0.778 bits per heavy atom. The van der Waals surface area contributed by atoms with Gasteiger partial charge in [-0.25, -0.2) is 8.42 Å². The van der Waals surface area contributed by atoms with Crippen LogP contribution in [0.5, 0.6) is 0 Å². The van der Waals surface area contributed by atoms with Crippen molar-refractivity contribution in [1.82, 2.24) is 14.5 Å². The van der Waals surface area contributed by atoms with Crippen LogP contribution in [0.4, 0.5) is 0 Å². The molecule has 1 N–H and O–H groups in total. The second kappa shape index (κ2) is 13.0. The molecule has 0 aliphatic rings. The summed E-state index contributed by atoms with van der Waals surface area (Å²) in [5, 5.41) is 2.91. The molecule has 8 heteroatoms. The average Bonchev–Trinajstić information content (AvgIpc) is 2.87. The minimum atomic E-state index is -3.67. The number of carbonyl (C=O) groups is 2. The summed E-state index contributed by atoms with van der Waals surface area (Å²) in [6.07, 6.45) is 1.76. The molecule has 0 heterocycles. The van der Waals surface area contributed by atoms with E-state index in [1.54, 1.807) is 6.92 Å². The fraction of sp³-hybridized carbons (Fsp3) is 0.286. The Labute approximate surface area is 213 Å². The maximum absolute atomic E-state index is 13.5. The Hall–Kier alpha value is -3.49. The topological polar surface area (TPSA) is 86.8 Å². The SMILES string of the molecule is C[C@@H](C(=O)NCCc1ccccc1)N(Cc1ccccc1)C(=O)CN(Cc1ccccc1)S(C)(=O)=O. The van der Waals surface area contributed by atoms with Gasteiger partial charge in [-0.15, -0.1) is 0 Å². The molecule has 190 valence electrons. The highest BCUT2D eigenvalue weighted by Crippen LogP contribution is 2.14. The summed E-state index contributed by atoms with van der Waals surface area (Å²) >= 11 is 0. The van der Waals surface area contributed by atoms with E-state index in [1.165, 1.54) is 4.90 Å². The predicted octanol–water partition coefficient (Wildman–Crippen LogP) is 3.22. The first-order valence-electron chi connectivity index (χ1n) is 11.9. The molecule has 3 aromatic rings. The van der Waals surface area contributed by atoms with Gasteiger partial charge in [0.2, 0.25) is 21.8 Å². The number of rotatable bonds is 12. The standard InChI is InChI=1S/C28H33N3O4S/c1-23(28(33)29-19-18-24-12-6-3-7-13-24)31(21-26-16-10-5-11-17-26)27(32)22-30(36(2,34)35)20-25-14-8-4-9-15-25/h3-17,23H,18-22H2,1-2H3,(H,29,33)/t23-/m0/s1. The zero-order valence-corrected chi connectivity index (χ0v) is 21.5. The van der Waals surface area contributed by atoms with Gasteiger partial charge in [0, 0.05) is 19.6 Å². The first-order chi connectivity index (χ1) is 17.2. The van der Waals surface area contributed by atoms with Gasteiger partial charge >= 0.3 is 0 Å². The van der Waals surface area contributed by atoms with E-state index in [-0.39, 0.29) is 25.5 Å². The normalized spacial score (nSPS) is 12.2. The minimum absolute atomic E-state index is 0.0717. The average molecular weight is 508 g/mol. The Bertz CT molecular complexity index is 1220. The van der Waals surface area contributed by atoms with Crippen LogP contribution in [0.25, 0.3) is 0 Å². The van der Waals surface area contributed by atoms with Gasteiger partial charge in [0.15, 0.2) is 0 Å². The van der Waals surface area contributed by atoms with Crippen molar-refractivity contribution < 1.29 is 18.0 Å². The van der Waals surface area contributed by atoms with E-state index in [0.29, 0.717) is 13.0 Å². The monoisotopic (exact) mass is 507 g/mol. The van der Waals surface area contributed by atoms with Crippen LogP contribution in [-0.4, -0.2) is 54.8 Å². The molecule has 36 heavy (non-hydrogen) atoms. The van der Waals surface area contributed by atoms with Crippen LogP contribution in [-0.2, 0) is 39.1 Å². The molecule has 0 fully saturated rings. The molecular formula is C28H33N3O4S. The molecule has 2 amide bonds. The third kappa shape index (κ3) is 8.32. The maximum atomic E-state index is 13.5. The van der Waals surface area contributed by atoms with Crippen molar-refractivity contribution in [3.63, 3.8) is 0 Å². The van der Waals surface area contributed by atoms with E-state index in [2.05, 4.69) is 5.32 Å². The van der Waals surface area contributed by atoms with Crippen molar-refractivity contribution in [3.8, 4) is 0 Å². The van der Waals surface area contributed by atoms with Crippen LogP contribution in [0.15, 0.2) is 91.0 Å². The summed E-state index contributed by atoms with van der Waals surface area (Å²) in [6, 6.07) is 27.5. The van der Waals surface area contributed by atoms with Crippen molar-refractivity contribution in [3.05, 3.63) is 108 Å². The Balaban J connectivity index is 1.74. The highest BCUT2D eigenvalue weighted by molar-refractivity contribution is 7.88. The molecule has 0 aromatic heterocycles. The number of amides is 2. The van der Waals surface area contributed by atoms with Gasteiger partial charge in [-0.1, -0.05) is 91.0 Å². The molecular weight excluding hydrogens is 474 g/mol. The van der Waals surface area contributed by atoms with Gasteiger partial charge in [-0.05, 0) is 30.0 Å². The fourth-order valence-electron chi connectivity index (χ4n) is 3.80. The number of hydrogen-bond donors (Lipinski definition) is 1. The van der Waals surface area contributed by atoms with Gasteiger partial charge in [0.25, 0.3) is 0 Å². The highest BCUT2D eigenvalue weighted by Gasteiger charge is 2.29. The number of carbonyl (C=O) groups excluding carboxylic acids is 2. The molecule has 0 aliphatic carbocycles. The summed E-state index contributed by atoms with van der Waals surface area (Å²) in [5.74, 6) is -0.727. The van der Waals surface area contributed by atoms with Crippen LogP contribution < -0.4 is 5.32 Å². The van der Waals surface area contributed by atoms with Crippen molar-refractivity contribution in [2.24, 2.45) is 0 Å². The van der Waals surface area contributed by atoms with Crippen LogP contribution in [0, 0.1) is 0 Å². The molecule has 0 spiro atoms. The molecule has 7 nitrogen and oxygen atoms in total. The van der Waals surface area contributed by atoms with Gasteiger partial charge < -0.3 is 10.2 Å². The fourth-order valence-corrected chi connectivity index (χ4v) is 4.53. The van der Waals surface area contributed by atoms with Crippen molar-refractivity contribution in [2.45, 2.75) is 32.5 Å². The third-order valence-corrected chi connectivity index (χ3v) is 7.10. The van der Waals surface area contributed by atoms with Crippen molar-refractivity contribution >= 4 is 21.8 Å². The molecule has 0 aliphatic heterocycles. The lowest BCUT2D eigenvalue weighted by Gasteiger charge is -2.31. The van der Waals surface area contributed by atoms with E-state index in [4.69, 9.17) is 0 Å². The van der Waals surface area contributed by atoms with Gasteiger partial charge in [0.1, 0.15) is 6.04 Å². The van der Waals surface area contributed by atoms with Gasteiger partial charge in [-0.2, -0.15) is 4.31 Å². The molecule has 0 radical (unpaired) electrons. The van der Waals surface area contributed by atoms with E-state index in [0.717, 1.165) is 27.3 Å². The summed E-state index contributed by atoms with van der Waals surface area (Å²) in [7, 11) is -3.67. The second-order valence-electron chi connectivity index (χ2n) is 8.73. The lowest BCUT2D eigenvalue weighted by Crippen LogP contribution is -2.51. The third-order valence-electron chi connectivity index (χ3n) is 5.90. The summed E-state index contributed by atoms with van der Waals surface area (Å²) in [5.41, 5.74) is 2.73. The molecule has 3 rings (SSSR count). The van der Waals surface area contributed by atoms with E-state index >= 15 is 0 Å². The van der Waals surface area contributed by atoms with Crippen LogP contribution in [0.2, 0.25) is 0 Å². The Morgan fingerprint density at radius 2 is 1.25 bits per heavy atom. The van der Waals surface area contributed by atoms with Crippen molar-refractivity contribution in [2.75, 3.05) is 19.3 Å². The molecule has 0 saturated heterocycles. The molecule has 1 atom stereocenters. The smallest absolute Gasteiger partial charge is 0.242 e. The zero-order chi connectivity index (χ0) is 26.0. The first kappa shape index (κ1) is 27.1. The van der Waals surface area contributed by atoms with E-state index in [1.807, 2.05) is 91.0 Å². The Morgan fingerprint density at radius 3 is 1.75 bits per heavy atom. The van der Waals surface area contributed by atoms with Crippen LogP contribution >= 0.6 is 0 Å². The van der Waals surface area contributed by atoms with E-state index in [9.17, 15) is 18.0 Å².